The fraction of sp³-hybridized carbons (Fsp3) is 0. The van der Waals surface area contributed by atoms with Crippen LogP contribution in [0.3, 0.4) is 0 Å². The quantitative estimate of drug-likeness (QED) is 0.436. The molecule has 0 atom stereocenters. The molecular weight excluding hydrogens is 356 g/mol. The van der Waals surface area contributed by atoms with E-state index in [0.29, 0.717) is 28.1 Å². The van der Waals surface area contributed by atoms with Crippen LogP contribution in [0, 0.1) is 0 Å². The molecule has 1 aliphatic rings. The van der Waals surface area contributed by atoms with E-state index in [9.17, 15) is 9.59 Å². The van der Waals surface area contributed by atoms with E-state index in [0.717, 1.165) is 15.7 Å². The summed E-state index contributed by atoms with van der Waals surface area (Å²) in [7, 11) is 0. The summed E-state index contributed by atoms with van der Waals surface area (Å²) in [6, 6.07) is 16.9. The Kier molecular flexibility index (Phi) is 3.55. The van der Waals surface area contributed by atoms with Crippen molar-refractivity contribution in [1.29, 1.82) is 0 Å². The monoisotopic (exact) mass is 368 g/mol. The molecule has 5 rings (SSSR count). The summed E-state index contributed by atoms with van der Waals surface area (Å²) in [6.45, 7) is 0. The molecule has 2 amide bonds. The number of benzene rings is 3. The van der Waals surface area contributed by atoms with E-state index in [2.05, 4.69) is 25.6 Å². The van der Waals surface area contributed by atoms with Gasteiger partial charge in [-0.15, -0.1) is 15.3 Å². The summed E-state index contributed by atoms with van der Waals surface area (Å²) in [6.07, 6.45) is 2.45. The number of aromatic nitrogens is 3. The van der Waals surface area contributed by atoms with Crippen molar-refractivity contribution in [3.63, 3.8) is 0 Å². The van der Waals surface area contributed by atoms with E-state index >= 15 is 0 Å². The van der Waals surface area contributed by atoms with Gasteiger partial charge < -0.3 is 0 Å². The lowest BCUT2D eigenvalue weighted by Gasteiger charge is -2.15. The zero-order chi connectivity index (χ0) is 19.1. The van der Waals surface area contributed by atoms with Gasteiger partial charge in [-0.25, -0.2) is 4.90 Å². The van der Waals surface area contributed by atoms with Crippen molar-refractivity contribution >= 4 is 50.7 Å². The second-order valence-electron chi connectivity index (χ2n) is 6.18. The molecule has 8 nitrogen and oxygen atoms in total. The van der Waals surface area contributed by atoms with Gasteiger partial charge in [-0.1, -0.05) is 41.6 Å². The number of nitrogens with one attached hydrogen (secondary N) is 1. The number of carbonyl (C=O) groups is 2. The van der Waals surface area contributed by atoms with Crippen molar-refractivity contribution in [2.75, 3.05) is 4.90 Å². The molecule has 4 aromatic rings. The number of hydrogen-bond donors (Lipinski definition) is 1. The summed E-state index contributed by atoms with van der Waals surface area (Å²) < 4.78 is 0. The summed E-state index contributed by atoms with van der Waals surface area (Å²) in [4.78, 5) is 25.4. The number of fused-ring (bicyclic) bond motifs is 2. The van der Waals surface area contributed by atoms with Crippen LogP contribution >= 0.6 is 0 Å². The lowest BCUT2D eigenvalue weighted by molar-refractivity contribution is -0.119. The zero-order valence-corrected chi connectivity index (χ0v) is 14.4. The Morgan fingerprint density at radius 2 is 1.64 bits per heavy atom. The standard InChI is InChI=1S/C20H12N6O2/c27-17-10-11-18(28)26(17)16-9-8-15-19(24-25-22-15)20(16)23-21-14-7-3-5-12-4-1-2-6-13(12)14/h1-11H,(H,22,24,25)/b23-21+. The average Bonchev–Trinajstić information content (AvgIpc) is 3.32. The van der Waals surface area contributed by atoms with Gasteiger partial charge in [0.05, 0.1) is 11.4 Å². The van der Waals surface area contributed by atoms with Crippen molar-refractivity contribution in [2.45, 2.75) is 0 Å². The van der Waals surface area contributed by atoms with E-state index in [4.69, 9.17) is 0 Å². The summed E-state index contributed by atoms with van der Waals surface area (Å²) in [5.74, 6) is -0.864. The first-order valence-electron chi connectivity index (χ1n) is 8.52. The van der Waals surface area contributed by atoms with Crippen LogP contribution < -0.4 is 4.90 Å². The molecule has 0 aliphatic carbocycles. The third kappa shape index (κ3) is 2.47. The fourth-order valence-corrected chi connectivity index (χ4v) is 3.21. The highest BCUT2D eigenvalue weighted by atomic mass is 16.2. The van der Waals surface area contributed by atoms with Gasteiger partial charge >= 0.3 is 0 Å². The molecule has 2 heterocycles. The highest BCUT2D eigenvalue weighted by molar-refractivity contribution is 6.29. The van der Waals surface area contributed by atoms with Crippen LogP contribution in [0.15, 0.2) is 77.0 Å². The second-order valence-corrected chi connectivity index (χ2v) is 6.18. The molecule has 0 saturated heterocycles. The van der Waals surface area contributed by atoms with E-state index in [-0.39, 0.29) is 0 Å². The normalized spacial score (nSPS) is 14.2. The molecule has 3 aromatic carbocycles. The third-order valence-electron chi connectivity index (χ3n) is 4.53. The van der Waals surface area contributed by atoms with E-state index in [1.165, 1.54) is 12.2 Å². The number of amides is 2. The number of aromatic amines is 1. The Balaban J connectivity index is 1.68. The van der Waals surface area contributed by atoms with Crippen molar-refractivity contribution in [2.24, 2.45) is 10.2 Å². The van der Waals surface area contributed by atoms with Gasteiger partial charge in [0.15, 0.2) is 0 Å². The number of hydrogen-bond acceptors (Lipinski definition) is 6. The minimum Gasteiger partial charge on any atom is -0.269 e. The van der Waals surface area contributed by atoms with Gasteiger partial charge in [-0.05, 0) is 23.6 Å². The molecule has 1 aliphatic heterocycles. The largest absolute Gasteiger partial charge is 0.269 e. The molecule has 0 spiro atoms. The van der Waals surface area contributed by atoms with Gasteiger partial charge in [-0.3, -0.25) is 14.7 Å². The maximum Gasteiger partial charge on any atom is 0.258 e. The van der Waals surface area contributed by atoms with E-state index in [1.54, 1.807) is 12.1 Å². The molecular formula is C20H12N6O2. The lowest BCUT2D eigenvalue weighted by atomic mass is 10.1. The SMILES string of the molecule is O=C1C=CC(=O)N1c1ccc2nn[nH]c2c1/N=N/c1cccc2ccccc12. The number of imide groups is 1. The smallest absolute Gasteiger partial charge is 0.258 e. The Morgan fingerprint density at radius 1 is 0.857 bits per heavy atom. The van der Waals surface area contributed by atoms with Gasteiger partial charge in [-0.2, -0.15) is 0 Å². The number of rotatable bonds is 3. The van der Waals surface area contributed by atoms with Crippen molar-refractivity contribution in [3.8, 4) is 0 Å². The van der Waals surface area contributed by atoms with Crippen LogP contribution in [0.2, 0.25) is 0 Å². The number of azo groups is 1. The van der Waals surface area contributed by atoms with Crippen LogP contribution in [-0.2, 0) is 9.59 Å². The Hall–Kier alpha value is -4.20. The average molecular weight is 368 g/mol. The first kappa shape index (κ1) is 16.0. The fourth-order valence-electron chi connectivity index (χ4n) is 3.21. The Bertz CT molecular complexity index is 1300. The second kappa shape index (κ2) is 6.20. The van der Waals surface area contributed by atoms with Crippen LogP contribution in [0.1, 0.15) is 0 Å². The minimum absolute atomic E-state index is 0.320. The van der Waals surface area contributed by atoms with Gasteiger partial charge in [0.2, 0.25) is 0 Å². The number of anilines is 1. The van der Waals surface area contributed by atoms with Crippen LogP contribution in [0.5, 0.6) is 0 Å². The van der Waals surface area contributed by atoms with Crippen molar-refractivity contribution < 1.29 is 9.59 Å². The maximum atomic E-state index is 12.2. The molecule has 8 heteroatoms. The molecule has 0 fully saturated rings. The van der Waals surface area contributed by atoms with Gasteiger partial charge in [0, 0.05) is 17.5 Å². The summed E-state index contributed by atoms with van der Waals surface area (Å²) in [5, 5.41) is 21.3. The molecule has 0 saturated carbocycles. The zero-order valence-electron chi connectivity index (χ0n) is 14.4. The first-order valence-corrected chi connectivity index (χ1v) is 8.52. The van der Waals surface area contributed by atoms with Crippen LogP contribution in [0.25, 0.3) is 21.8 Å². The Labute approximate surface area is 158 Å². The molecule has 28 heavy (non-hydrogen) atoms. The maximum absolute atomic E-state index is 12.2. The third-order valence-corrected chi connectivity index (χ3v) is 4.53. The molecule has 0 bridgehead atoms. The Morgan fingerprint density at radius 3 is 2.50 bits per heavy atom. The predicted octanol–water partition coefficient (Wildman–Crippen LogP) is 3.96. The molecule has 0 unspecified atom stereocenters. The topological polar surface area (TPSA) is 104 Å². The molecule has 1 aromatic heterocycles. The minimum atomic E-state index is -0.432. The molecule has 0 radical (unpaired) electrons. The lowest BCUT2D eigenvalue weighted by Crippen LogP contribution is -2.29. The molecule has 1 N–H and O–H groups in total. The van der Waals surface area contributed by atoms with Gasteiger partial charge in [0.1, 0.15) is 16.7 Å². The van der Waals surface area contributed by atoms with E-state index < -0.39 is 11.8 Å². The molecule has 134 valence electrons. The van der Waals surface area contributed by atoms with Crippen molar-refractivity contribution in [1.82, 2.24) is 15.4 Å². The van der Waals surface area contributed by atoms with Gasteiger partial charge in [0.25, 0.3) is 11.8 Å². The van der Waals surface area contributed by atoms with Crippen molar-refractivity contribution in [3.05, 3.63) is 66.7 Å². The summed E-state index contributed by atoms with van der Waals surface area (Å²) in [5.41, 5.74) is 2.37. The predicted molar refractivity (Wildman–Crippen MR) is 104 cm³/mol. The number of nitrogens with zero attached hydrogens (tertiary/aromatic N) is 5. The van der Waals surface area contributed by atoms with Crippen LogP contribution in [-0.4, -0.2) is 27.2 Å². The van der Waals surface area contributed by atoms with Crippen LogP contribution in [0.4, 0.5) is 17.1 Å². The first-order chi connectivity index (χ1) is 13.7. The highest BCUT2D eigenvalue weighted by Crippen LogP contribution is 2.38. The van der Waals surface area contributed by atoms with E-state index in [1.807, 2.05) is 42.5 Å². The highest BCUT2D eigenvalue weighted by Gasteiger charge is 2.28. The number of carbonyl (C=O) groups excluding carboxylic acids is 2. The summed E-state index contributed by atoms with van der Waals surface area (Å²) >= 11 is 0. The number of H-pyrrole nitrogens is 1.